The SMILES string of the molecule is O=C(O)[C@@H]1Cc2ccccc2CN1C(=O)c1cnc[nH]1. The van der Waals surface area contributed by atoms with Crippen LogP contribution in [0.4, 0.5) is 0 Å². The van der Waals surface area contributed by atoms with E-state index < -0.39 is 12.0 Å². The number of rotatable bonds is 2. The number of carbonyl (C=O) groups is 2. The van der Waals surface area contributed by atoms with E-state index >= 15 is 0 Å². The zero-order valence-corrected chi connectivity index (χ0v) is 10.6. The first-order chi connectivity index (χ1) is 9.66. The van der Waals surface area contributed by atoms with Gasteiger partial charge in [0.2, 0.25) is 0 Å². The van der Waals surface area contributed by atoms with E-state index in [9.17, 15) is 14.7 Å². The van der Waals surface area contributed by atoms with Gasteiger partial charge in [0, 0.05) is 13.0 Å². The Morgan fingerprint density at radius 2 is 2.05 bits per heavy atom. The van der Waals surface area contributed by atoms with Crippen LogP contribution in [-0.2, 0) is 17.8 Å². The number of benzene rings is 1. The Labute approximate surface area is 115 Å². The number of carboxylic acid groups (broad SMARTS) is 1. The van der Waals surface area contributed by atoms with Crippen LogP contribution in [0.1, 0.15) is 21.6 Å². The minimum Gasteiger partial charge on any atom is -0.480 e. The zero-order valence-electron chi connectivity index (χ0n) is 10.6. The second kappa shape index (κ2) is 4.80. The number of fused-ring (bicyclic) bond motifs is 1. The highest BCUT2D eigenvalue weighted by Crippen LogP contribution is 2.24. The fourth-order valence-corrected chi connectivity index (χ4v) is 2.48. The molecule has 0 radical (unpaired) electrons. The van der Waals surface area contributed by atoms with Crippen molar-refractivity contribution in [2.75, 3.05) is 0 Å². The van der Waals surface area contributed by atoms with E-state index in [0.29, 0.717) is 18.7 Å². The lowest BCUT2D eigenvalue weighted by Gasteiger charge is -2.34. The number of carboxylic acids is 1. The summed E-state index contributed by atoms with van der Waals surface area (Å²) in [7, 11) is 0. The summed E-state index contributed by atoms with van der Waals surface area (Å²) in [5.74, 6) is -1.34. The molecule has 1 aromatic heterocycles. The molecule has 1 amide bonds. The summed E-state index contributed by atoms with van der Waals surface area (Å²) in [6, 6.07) is 6.74. The lowest BCUT2D eigenvalue weighted by Crippen LogP contribution is -2.48. The van der Waals surface area contributed by atoms with Gasteiger partial charge in [-0.05, 0) is 11.1 Å². The predicted molar refractivity (Wildman–Crippen MR) is 70.0 cm³/mol. The number of nitrogens with zero attached hydrogens (tertiary/aromatic N) is 2. The van der Waals surface area contributed by atoms with E-state index in [2.05, 4.69) is 9.97 Å². The van der Waals surface area contributed by atoms with Gasteiger partial charge < -0.3 is 15.0 Å². The molecule has 0 fully saturated rings. The van der Waals surface area contributed by atoms with E-state index in [0.717, 1.165) is 11.1 Å². The monoisotopic (exact) mass is 271 g/mol. The van der Waals surface area contributed by atoms with Crippen LogP contribution >= 0.6 is 0 Å². The number of imidazole rings is 1. The van der Waals surface area contributed by atoms with Gasteiger partial charge in [0.15, 0.2) is 0 Å². The lowest BCUT2D eigenvalue weighted by atomic mass is 9.94. The van der Waals surface area contributed by atoms with Crippen molar-refractivity contribution in [2.45, 2.75) is 19.0 Å². The fraction of sp³-hybridized carbons (Fsp3) is 0.214. The van der Waals surface area contributed by atoms with Crippen molar-refractivity contribution in [3.05, 3.63) is 53.6 Å². The van der Waals surface area contributed by atoms with Crippen LogP contribution in [0.15, 0.2) is 36.8 Å². The van der Waals surface area contributed by atoms with Gasteiger partial charge in [-0.2, -0.15) is 0 Å². The van der Waals surface area contributed by atoms with Crippen molar-refractivity contribution in [1.82, 2.24) is 14.9 Å². The number of aliphatic carboxylic acids is 1. The molecule has 1 aliphatic rings. The molecule has 0 unspecified atom stereocenters. The molecular formula is C14H13N3O3. The first-order valence-electron chi connectivity index (χ1n) is 6.26. The number of nitrogens with one attached hydrogen (secondary N) is 1. The van der Waals surface area contributed by atoms with Gasteiger partial charge in [-0.1, -0.05) is 24.3 Å². The van der Waals surface area contributed by atoms with Gasteiger partial charge in [-0.25, -0.2) is 9.78 Å². The third-order valence-electron chi connectivity index (χ3n) is 3.52. The molecule has 1 aromatic carbocycles. The Bertz CT molecular complexity index is 651. The number of amides is 1. The zero-order chi connectivity index (χ0) is 14.1. The van der Waals surface area contributed by atoms with Crippen LogP contribution in [0.2, 0.25) is 0 Å². The molecule has 20 heavy (non-hydrogen) atoms. The van der Waals surface area contributed by atoms with Crippen molar-refractivity contribution in [1.29, 1.82) is 0 Å². The summed E-state index contributed by atoms with van der Waals surface area (Å²) in [6.07, 6.45) is 3.13. The van der Waals surface area contributed by atoms with Crippen molar-refractivity contribution in [3.8, 4) is 0 Å². The molecule has 0 spiro atoms. The van der Waals surface area contributed by atoms with Gasteiger partial charge in [0.1, 0.15) is 11.7 Å². The molecule has 2 heterocycles. The first kappa shape index (κ1) is 12.4. The van der Waals surface area contributed by atoms with Crippen LogP contribution in [-0.4, -0.2) is 37.9 Å². The Morgan fingerprint density at radius 3 is 2.70 bits per heavy atom. The number of H-pyrrole nitrogens is 1. The molecule has 102 valence electrons. The molecule has 6 nitrogen and oxygen atoms in total. The number of hydrogen-bond acceptors (Lipinski definition) is 3. The molecule has 3 rings (SSSR count). The molecule has 6 heteroatoms. The van der Waals surface area contributed by atoms with Gasteiger partial charge in [0.25, 0.3) is 5.91 Å². The van der Waals surface area contributed by atoms with Gasteiger partial charge >= 0.3 is 5.97 Å². The van der Waals surface area contributed by atoms with Gasteiger partial charge in [-0.15, -0.1) is 0 Å². The predicted octanol–water partition coefficient (Wildman–Crippen LogP) is 1.06. The Morgan fingerprint density at radius 1 is 1.30 bits per heavy atom. The van der Waals surface area contributed by atoms with Crippen molar-refractivity contribution >= 4 is 11.9 Å². The second-order valence-electron chi connectivity index (χ2n) is 4.73. The molecule has 2 aromatic rings. The molecule has 0 aliphatic carbocycles. The third kappa shape index (κ3) is 2.05. The number of aromatic nitrogens is 2. The molecular weight excluding hydrogens is 258 g/mol. The summed E-state index contributed by atoms with van der Waals surface area (Å²) >= 11 is 0. The highest BCUT2D eigenvalue weighted by molar-refractivity contribution is 5.95. The van der Waals surface area contributed by atoms with Crippen LogP contribution in [0.5, 0.6) is 0 Å². The molecule has 2 N–H and O–H groups in total. The van der Waals surface area contributed by atoms with E-state index in [1.807, 2.05) is 24.3 Å². The maximum Gasteiger partial charge on any atom is 0.326 e. The summed E-state index contributed by atoms with van der Waals surface area (Å²) in [5, 5.41) is 9.36. The average Bonchev–Trinajstić information content (AvgIpc) is 2.99. The molecule has 1 aliphatic heterocycles. The highest BCUT2D eigenvalue weighted by Gasteiger charge is 2.35. The molecule has 0 saturated heterocycles. The molecule has 0 saturated carbocycles. The van der Waals surface area contributed by atoms with Crippen LogP contribution in [0.3, 0.4) is 0 Å². The lowest BCUT2D eigenvalue weighted by molar-refractivity contribution is -0.142. The van der Waals surface area contributed by atoms with E-state index in [1.165, 1.54) is 17.4 Å². The summed E-state index contributed by atoms with van der Waals surface area (Å²) < 4.78 is 0. The average molecular weight is 271 g/mol. The summed E-state index contributed by atoms with van der Waals surface area (Å²) in [4.78, 5) is 31.7. The maximum atomic E-state index is 12.4. The smallest absolute Gasteiger partial charge is 0.326 e. The van der Waals surface area contributed by atoms with Gasteiger partial charge in [-0.3, -0.25) is 4.79 Å². The second-order valence-corrected chi connectivity index (χ2v) is 4.73. The molecule has 0 bridgehead atoms. The van der Waals surface area contributed by atoms with Crippen LogP contribution in [0.25, 0.3) is 0 Å². The Kier molecular flexibility index (Phi) is 2.98. The normalized spacial score (nSPS) is 17.6. The standard InChI is InChI=1S/C14H13N3O3/c18-13(11-6-15-8-16-11)17-7-10-4-2-1-3-9(10)5-12(17)14(19)20/h1-4,6,8,12H,5,7H2,(H,15,16)(H,19,20)/t12-/m0/s1. The van der Waals surface area contributed by atoms with Crippen molar-refractivity contribution in [2.24, 2.45) is 0 Å². The largest absolute Gasteiger partial charge is 0.480 e. The Hall–Kier alpha value is -2.63. The van der Waals surface area contributed by atoms with E-state index in [-0.39, 0.29) is 5.91 Å². The number of aromatic amines is 1. The van der Waals surface area contributed by atoms with E-state index in [4.69, 9.17) is 0 Å². The highest BCUT2D eigenvalue weighted by atomic mass is 16.4. The van der Waals surface area contributed by atoms with Crippen LogP contribution in [0, 0.1) is 0 Å². The number of hydrogen-bond donors (Lipinski definition) is 2. The minimum atomic E-state index is -0.993. The number of carbonyl (C=O) groups excluding carboxylic acids is 1. The summed E-state index contributed by atoms with van der Waals surface area (Å²) in [6.45, 7) is 0.297. The van der Waals surface area contributed by atoms with E-state index in [1.54, 1.807) is 0 Å². The van der Waals surface area contributed by atoms with Gasteiger partial charge in [0.05, 0.1) is 12.5 Å². The first-order valence-corrected chi connectivity index (χ1v) is 6.26. The molecule has 1 atom stereocenters. The Balaban J connectivity index is 1.96. The third-order valence-corrected chi connectivity index (χ3v) is 3.52. The topological polar surface area (TPSA) is 86.3 Å². The van der Waals surface area contributed by atoms with Crippen LogP contribution < -0.4 is 0 Å². The maximum absolute atomic E-state index is 12.4. The quantitative estimate of drug-likeness (QED) is 0.855. The van der Waals surface area contributed by atoms with Crippen molar-refractivity contribution in [3.63, 3.8) is 0 Å². The summed E-state index contributed by atoms with van der Waals surface area (Å²) in [5.41, 5.74) is 2.27. The fourth-order valence-electron chi connectivity index (χ4n) is 2.48. The minimum absolute atomic E-state index is 0.297. The van der Waals surface area contributed by atoms with Crippen molar-refractivity contribution < 1.29 is 14.7 Å².